The zero-order chi connectivity index (χ0) is 12.9. The van der Waals surface area contributed by atoms with E-state index in [9.17, 15) is 10.2 Å². The first-order valence-corrected chi connectivity index (χ1v) is 6.92. The molecule has 3 nitrogen and oxygen atoms in total. The van der Waals surface area contributed by atoms with E-state index in [1.807, 2.05) is 13.8 Å². The molecule has 0 aromatic carbocycles. The molecule has 2 N–H and O–H groups in total. The van der Waals surface area contributed by atoms with Crippen molar-refractivity contribution in [2.24, 2.45) is 11.8 Å². The van der Waals surface area contributed by atoms with Gasteiger partial charge >= 0.3 is 0 Å². The summed E-state index contributed by atoms with van der Waals surface area (Å²) >= 11 is 0. The van der Waals surface area contributed by atoms with Gasteiger partial charge in [-0.15, -0.1) is 0 Å². The molecule has 1 rings (SSSR count). The third-order valence-electron chi connectivity index (χ3n) is 3.68. The maximum Gasteiger partial charge on any atom is 0.0618 e. The van der Waals surface area contributed by atoms with Crippen molar-refractivity contribution in [3.05, 3.63) is 0 Å². The highest BCUT2D eigenvalue weighted by Crippen LogP contribution is 2.35. The van der Waals surface area contributed by atoms with Crippen molar-refractivity contribution in [2.45, 2.75) is 64.6 Å². The van der Waals surface area contributed by atoms with Gasteiger partial charge in [0.1, 0.15) is 0 Å². The van der Waals surface area contributed by atoms with E-state index in [4.69, 9.17) is 4.74 Å². The van der Waals surface area contributed by atoms with Gasteiger partial charge in [0.2, 0.25) is 0 Å². The van der Waals surface area contributed by atoms with E-state index in [2.05, 4.69) is 6.92 Å². The standard InChI is InChI=1S/C14H28O3/c1-4-9-17-10-12-6-5-11(13(12)15)7-8-14(2,3)16/h11-13,15-16H,4-10H2,1-3H3. The zero-order valence-electron chi connectivity index (χ0n) is 11.5. The maximum absolute atomic E-state index is 10.2. The van der Waals surface area contributed by atoms with E-state index < -0.39 is 5.60 Å². The summed E-state index contributed by atoms with van der Waals surface area (Å²) in [6.45, 7) is 7.23. The fraction of sp³-hybridized carbons (Fsp3) is 1.00. The lowest BCUT2D eigenvalue weighted by Crippen LogP contribution is -2.27. The van der Waals surface area contributed by atoms with Crippen LogP contribution >= 0.6 is 0 Å². The molecular formula is C14H28O3. The molecule has 3 heteroatoms. The van der Waals surface area contributed by atoms with Crippen LogP contribution in [0.2, 0.25) is 0 Å². The minimum Gasteiger partial charge on any atom is -0.392 e. The topological polar surface area (TPSA) is 49.7 Å². The van der Waals surface area contributed by atoms with E-state index in [-0.39, 0.29) is 6.10 Å². The summed E-state index contributed by atoms with van der Waals surface area (Å²) < 4.78 is 5.52. The van der Waals surface area contributed by atoms with E-state index in [0.29, 0.717) is 18.4 Å². The van der Waals surface area contributed by atoms with Crippen LogP contribution in [0, 0.1) is 11.8 Å². The summed E-state index contributed by atoms with van der Waals surface area (Å²) in [5.74, 6) is 0.644. The van der Waals surface area contributed by atoms with Crippen molar-refractivity contribution >= 4 is 0 Å². The highest BCUT2D eigenvalue weighted by atomic mass is 16.5. The van der Waals surface area contributed by atoms with Crippen LogP contribution in [0.15, 0.2) is 0 Å². The Morgan fingerprint density at radius 3 is 2.47 bits per heavy atom. The van der Waals surface area contributed by atoms with Gasteiger partial charge in [-0.3, -0.25) is 0 Å². The third kappa shape index (κ3) is 5.36. The molecule has 0 radical (unpaired) electrons. The highest BCUT2D eigenvalue weighted by Gasteiger charge is 2.35. The van der Waals surface area contributed by atoms with E-state index in [1.54, 1.807) is 0 Å². The molecule has 3 atom stereocenters. The molecule has 3 unspecified atom stereocenters. The van der Waals surface area contributed by atoms with Crippen molar-refractivity contribution in [1.82, 2.24) is 0 Å². The van der Waals surface area contributed by atoms with Crippen LogP contribution in [0.25, 0.3) is 0 Å². The van der Waals surface area contributed by atoms with Crippen molar-refractivity contribution in [3.63, 3.8) is 0 Å². The number of aliphatic hydroxyl groups excluding tert-OH is 1. The Hall–Kier alpha value is -0.120. The average Bonchev–Trinajstić information content (AvgIpc) is 2.57. The lowest BCUT2D eigenvalue weighted by molar-refractivity contribution is 0.0160. The molecule has 0 amide bonds. The molecule has 0 heterocycles. The number of aliphatic hydroxyl groups is 2. The number of hydrogen-bond donors (Lipinski definition) is 2. The van der Waals surface area contributed by atoms with E-state index in [1.165, 1.54) is 0 Å². The Balaban J connectivity index is 2.26. The normalized spacial score (nSPS) is 29.8. The maximum atomic E-state index is 10.2. The van der Waals surface area contributed by atoms with Gasteiger partial charge in [-0.25, -0.2) is 0 Å². The predicted molar refractivity (Wildman–Crippen MR) is 68.9 cm³/mol. The summed E-state index contributed by atoms with van der Waals surface area (Å²) in [5, 5.41) is 19.9. The number of hydrogen-bond acceptors (Lipinski definition) is 3. The van der Waals surface area contributed by atoms with Gasteiger partial charge in [0, 0.05) is 12.5 Å². The first-order chi connectivity index (χ1) is 7.94. The van der Waals surface area contributed by atoms with Crippen LogP contribution in [0.3, 0.4) is 0 Å². The van der Waals surface area contributed by atoms with Crippen LogP contribution in [0.1, 0.15) is 52.9 Å². The van der Waals surface area contributed by atoms with Crippen LogP contribution < -0.4 is 0 Å². The third-order valence-corrected chi connectivity index (χ3v) is 3.68. The Labute approximate surface area is 105 Å². The first kappa shape index (κ1) is 14.9. The second kappa shape index (κ2) is 6.72. The van der Waals surface area contributed by atoms with Crippen LogP contribution in [0.4, 0.5) is 0 Å². The Morgan fingerprint density at radius 2 is 1.88 bits per heavy atom. The van der Waals surface area contributed by atoms with Crippen molar-refractivity contribution in [1.29, 1.82) is 0 Å². The predicted octanol–water partition coefficient (Wildman–Crippen LogP) is 2.35. The quantitative estimate of drug-likeness (QED) is 0.676. The highest BCUT2D eigenvalue weighted by molar-refractivity contribution is 4.85. The summed E-state index contributed by atoms with van der Waals surface area (Å²) in [6.07, 6.45) is 4.59. The molecule has 0 bridgehead atoms. The molecule has 1 aliphatic rings. The largest absolute Gasteiger partial charge is 0.392 e. The summed E-state index contributed by atoms with van der Waals surface area (Å²) in [5.41, 5.74) is -0.615. The van der Waals surface area contributed by atoms with Gasteiger partial charge in [0.05, 0.1) is 18.3 Å². The summed E-state index contributed by atoms with van der Waals surface area (Å²) in [7, 11) is 0. The van der Waals surface area contributed by atoms with Gasteiger partial charge in [0.25, 0.3) is 0 Å². The zero-order valence-corrected chi connectivity index (χ0v) is 11.5. The summed E-state index contributed by atoms with van der Waals surface area (Å²) in [6, 6.07) is 0. The molecule has 1 fully saturated rings. The Bertz CT molecular complexity index is 210. The lowest BCUT2D eigenvalue weighted by atomic mass is 9.91. The number of rotatable bonds is 7. The molecule has 0 aromatic rings. The van der Waals surface area contributed by atoms with Gasteiger partial charge in [0.15, 0.2) is 0 Å². The molecular weight excluding hydrogens is 216 g/mol. The van der Waals surface area contributed by atoms with Gasteiger partial charge < -0.3 is 14.9 Å². The second-order valence-corrected chi connectivity index (χ2v) is 6.01. The Morgan fingerprint density at radius 1 is 1.24 bits per heavy atom. The molecule has 1 aliphatic carbocycles. The minimum absolute atomic E-state index is 0.241. The Kier molecular flexibility index (Phi) is 5.90. The van der Waals surface area contributed by atoms with Gasteiger partial charge in [-0.2, -0.15) is 0 Å². The lowest BCUT2D eigenvalue weighted by Gasteiger charge is -2.23. The van der Waals surface area contributed by atoms with Gasteiger partial charge in [-0.05, 0) is 51.9 Å². The monoisotopic (exact) mass is 244 g/mol. The molecule has 102 valence electrons. The van der Waals surface area contributed by atoms with Crippen molar-refractivity contribution in [2.75, 3.05) is 13.2 Å². The molecule has 0 aliphatic heterocycles. The summed E-state index contributed by atoms with van der Waals surface area (Å²) in [4.78, 5) is 0. The van der Waals surface area contributed by atoms with E-state index in [0.717, 1.165) is 38.7 Å². The minimum atomic E-state index is -0.615. The fourth-order valence-electron chi connectivity index (χ4n) is 2.57. The molecule has 17 heavy (non-hydrogen) atoms. The van der Waals surface area contributed by atoms with E-state index >= 15 is 0 Å². The molecule has 0 spiro atoms. The second-order valence-electron chi connectivity index (χ2n) is 6.01. The SMILES string of the molecule is CCCOCC1CCC(CCC(C)(C)O)C1O. The van der Waals surface area contributed by atoms with Gasteiger partial charge in [-0.1, -0.05) is 6.92 Å². The van der Waals surface area contributed by atoms with Crippen LogP contribution in [-0.4, -0.2) is 35.1 Å². The van der Waals surface area contributed by atoms with Crippen LogP contribution in [-0.2, 0) is 4.74 Å². The molecule has 1 saturated carbocycles. The molecule has 0 saturated heterocycles. The smallest absolute Gasteiger partial charge is 0.0618 e. The molecule has 0 aromatic heterocycles. The van der Waals surface area contributed by atoms with Crippen LogP contribution in [0.5, 0.6) is 0 Å². The van der Waals surface area contributed by atoms with Crippen molar-refractivity contribution < 1.29 is 14.9 Å². The fourth-order valence-corrected chi connectivity index (χ4v) is 2.57. The number of ether oxygens (including phenoxy) is 1. The first-order valence-electron chi connectivity index (χ1n) is 6.92. The average molecular weight is 244 g/mol. The van der Waals surface area contributed by atoms with Crippen molar-refractivity contribution in [3.8, 4) is 0 Å².